The van der Waals surface area contributed by atoms with Gasteiger partial charge in [0.05, 0.1) is 59.5 Å². The molecule has 0 saturated carbocycles. The summed E-state index contributed by atoms with van der Waals surface area (Å²) in [5, 5.41) is 72.1. The number of ether oxygens (including phenoxy) is 6. The van der Waals surface area contributed by atoms with Gasteiger partial charge in [0, 0.05) is 69.2 Å². The van der Waals surface area contributed by atoms with Crippen LogP contribution in [0.2, 0.25) is 0 Å². The maximum atomic E-state index is 14.5. The predicted octanol–water partition coefficient (Wildman–Crippen LogP) is 3.72. The van der Waals surface area contributed by atoms with E-state index in [4.69, 9.17) is 33.3 Å². The summed E-state index contributed by atoms with van der Waals surface area (Å²) in [5.74, 6) is -7.12. The molecule has 5 heterocycles. The smallest absolute Gasteiger partial charge is 0.311 e. The quantitative estimate of drug-likeness (QED) is 0.142. The molecule has 19 nitrogen and oxygen atoms in total. The summed E-state index contributed by atoms with van der Waals surface area (Å²) < 4.78 is 81.1. The number of aliphatic hydroxyl groups is 5. The molecule has 19 atom stereocenters. The zero-order chi connectivity index (χ0) is 54.1. The fourth-order valence-electron chi connectivity index (χ4n) is 11.3. The molecule has 414 valence electrons. The minimum absolute atomic E-state index is 0.0735. The summed E-state index contributed by atoms with van der Waals surface area (Å²) >= 11 is 0. The van der Waals surface area contributed by atoms with Crippen molar-refractivity contribution in [1.82, 2.24) is 24.8 Å². The van der Waals surface area contributed by atoms with Crippen molar-refractivity contribution in [2.75, 3.05) is 34.3 Å². The topological polar surface area (TPSA) is 232 Å². The highest BCUT2D eigenvalue weighted by molar-refractivity contribution is 6.01. The van der Waals surface area contributed by atoms with Crippen molar-refractivity contribution >= 4 is 11.7 Å². The Kier molecular flexibility index (Phi) is 19.3. The number of esters is 1. The van der Waals surface area contributed by atoms with Crippen LogP contribution in [0.15, 0.2) is 23.5 Å². The standard InChI is InChI=1S/C51H81F3N6O13/c1-14-39-51(10,66)44(62)30(6)59(12)23-26(2)21-49(8,65)46(28(4)43(29(5)47(64)70-39)71-40-22-50(9,67-13)45(63)31(7)69-40)72-48-42(61)38(17-27(3)68-48)58(11)16-15-33-24-60(57-55-33)25-34-20-37(56-73-34)32-18-35(52)41(54)36(53)19-32/h18-19,24,26-31,34,38-40,42-46,48,61-63,65-66H,14-17,20-23,25H2,1-13H3/t26-,27-,28+,29-,30-,31+,34-,38+,39-,40+,42-,43+,44-,45+,46-,48+,49-,50-,51-/m1/s1. The van der Waals surface area contributed by atoms with Crippen molar-refractivity contribution in [3.8, 4) is 0 Å². The van der Waals surface area contributed by atoms with E-state index in [2.05, 4.69) is 15.5 Å². The number of hydrogen-bond donors (Lipinski definition) is 5. The summed E-state index contributed by atoms with van der Waals surface area (Å²) in [6.45, 7) is 18.3. The highest BCUT2D eigenvalue weighted by Gasteiger charge is 2.53. The van der Waals surface area contributed by atoms with Crippen LogP contribution in [0.25, 0.3) is 0 Å². The van der Waals surface area contributed by atoms with E-state index < -0.39 is 132 Å². The second-order valence-electron chi connectivity index (χ2n) is 22.1. The van der Waals surface area contributed by atoms with Gasteiger partial charge in [0.25, 0.3) is 0 Å². The molecule has 0 radical (unpaired) electrons. The second kappa shape index (κ2) is 23.9. The Morgan fingerprint density at radius 3 is 2.27 bits per heavy atom. The van der Waals surface area contributed by atoms with Gasteiger partial charge in [-0.1, -0.05) is 31.1 Å². The lowest BCUT2D eigenvalue weighted by atomic mass is 9.77. The van der Waals surface area contributed by atoms with Gasteiger partial charge in [-0.15, -0.1) is 5.10 Å². The number of aromatic nitrogens is 3. The average molecular weight is 1040 g/mol. The first-order valence-corrected chi connectivity index (χ1v) is 25.6. The Balaban J connectivity index is 1.22. The van der Waals surface area contributed by atoms with Crippen LogP contribution in [0, 0.1) is 35.2 Å². The Bertz CT molecular complexity index is 2170. The molecular weight excluding hydrogens is 962 g/mol. The summed E-state index contributed by atoms with van der Waals surface area (Å²) in [6, 6.07) is 0.655. The van der Waals surface area contributed by atoms with E-state index in [1.165, 1.54) is 14.0 Å². The molecule has 5 N–H and O–H groups in total. The lowest BCUT2D eigenvalue weighted by Gasteiger charge is -2.49. The predicted molar refractivity (Wildman–Crippen MR) is 259 cm³/mol. The fourth-order valence-corrected chi connectivity index (χ4v) is 11.3. The maximum Gasteiger partial charge on any atom is 0.311 e. The highest BCUT2D eigenvalue weighted by Crippen LogP contribution is 2.40. The van der Waals surface area contributed by atoms with Crippen molar-refractivity contribution in [3.05, 3.63) is 47.0 Å². The first kappa shape index (κ1) is 58.9. The van der Waals surface area contributed by atoms with E-state index >= 15 is 0 Å². The SMILES string of the molecule is CC[C@H]1OC(=O)[C@H](C)[C@@H](O[C@H]2C[C@@](C)(OC)[C@@H](O)[C@H](C)O2)[C@H](C)[C@@H](O[C@@H]2O[C@H](C)C[C@H](N(C)CCc3cn(C[C@H]4CC(c5cc(F)c(F)c(F)c5)=NO4)nn3)[C@H]2O)[C@](C)(O)C[C@@H](C)CN(C)[C@H](C)[C@@H](O)[C@]1(C)O. The van der Waals surface area contributed by atoms with Gasteiger partial charge in [-0.3, -0.25) is 4.79 Å². The first-order chi connectivity index (χ1) is 34.1. The molecule has 6 rings (SSSR count). The number of nitrogens with zero attached hydrogens (tertiary/aromatic N) is 6. The summed E-state index contributed by atoms with van der Waals surface area (Å²) in [5.41, 5.74) is -3.62. The molecule has 0 spiro atoms. The number of likely N-dealkylation sites (N-methyl/N-ethyl adjacent to an activating group) is 2. The van der Waals surface area contributed by atoms with Gasteiger partial charge in [0.2, 0.25) is 0 Å². The minimum Gasteiger partial charge on any atom is -0.459 e. The number of oxime groups is 1. The van der Waals surface area contributed by atoms with E-state index in [1.807, 2.05) is 37.7 Å². The molecule has 4 aliphatic rings. The van der Waals surface area contributed by atoms with Gasteiger partial charge >= 0.3 is 5.97 Å². The van der Waals surface area contributed by atoms with Gasteiger partial charge < -0.3 is 68.6 Å². The molecule has 1 aromatic carbocycles. The number of hydrogen-bond acceptors (Lipinski definition) is 18. The van der Waals surface area contributed by atoms with E-state index in [1.54, 1.807) is 59.3 Å². The molecule has 1 aromatic heterocycles. The van der Waals surface area contributed by atoms with Crippen molar-refractivity contribution in [3.63, 3.8) is 0 Å². The van der Waals surface area contributed by atoms with Crippen molar-refractivity contribution in [2.45, 2.75) is 211 Å². The molecule has 0 aliphatic carbocycles. The van der Waals surface area contributed by atoms with Gasteiger partial charge in [-0.25, -0.2) is 17.9 Å². The summed E-state index contributed by atoms with van der Waals surface area (Å²) in [7, 11) is 5.17. The normalized spacial score (nSPS) is 40.7. The summed E-state index contributed by atoms with van der Waals surface area (Å²) in [6.07, 6.45) is -7.72. The zero-order valence-electron chi connectivity index (χ0n) is 44.7. The minimum atomic E-state index is -1.86. The van der Waals surface area contributed by atoms with Crippen LogP contribution < -0.4 is 0 Å². The van der Waals surface area contributed by atoms with Crippen LogP contribution in [-0.4, -0.2) is 193 Å². The van der Waals surface area contributed by atoms with E-state index in [0.717, 1.165) is 12.1 Å². The monoisotopic (exact) mass is 1040 g/mol. The molecule has 0 bridgehead atoms. The number of carbonyl (C=O) groups is 1. The van der Waals surface area contributed by atoms with Crippen molar-refractivity contribution < 1.29 is 76.8 Å². The van der Waals surface area contributed by atoms with Crippen LogP contribution in [0.1, 0.15) is 113 Å². The van der Waals surface area contributed by atoms with Gasteiger partial charge in [-0.05, 0) is 99.9 Å². The van der Waals surface area contributed by atoms with Gasteiger partial charge in [-0.2, -0.15) is 0 Å². The van der Waals surface area contributed by atoms with Gasteiger partial charge in [0.15, 0.2) is 36.1 Å². The lowest BCUT2D eigenvalue weighted by Crippen LogP contribution is -2.61. The van der Waals surface area contributed by atoms with Crippen LogP contribution >= 0.6 is 0 Å². The van der Waals surface area contributed by atoms with Gasteiger partial charge in [0.1, 0.15) is 30.0 Å². The number of benzene rings is 1. The molecule has 4 aliphatic heterocycles. The number of cyclic esters (lactones) is 1. The summed E-state index contributed by atoms with van der Waals surface area (Å²) in [4.78, 5) is 23.8. The third-order valence-electron chi connectivity index (χ3n) is 15.9. The maximum absolute atomic E-state index is 14.5. The average Bonchev–Trinajstić information content (AvgIpc) is 4.00. The Morgan fingerprint density at radius 1 is 0.959 bits per heavy atom. The number of carbonyl (C=O) groups excluding carboxylic acids is 1. The molecule has 3 saturated heterocycles. The largest absolute Gasteiger partial charge is 0.459 e. The molecule has 73 heavy (non-hydrogen) atoms. The molecule has 0 amide bonds. The third-order valence-corrected chi connectivity index (χ3v) is 15.9. The van der Waals surface area contributed by atoms with Crippen molar-refractivity contribution in [2.24, 2.45) is 22.9 Å². The lowest BCUT2D eigenvalue weighted by molar-refractivity contribution is -0.318. The Labute approximate surface area is 427 Å². The number of methoxy groups -OCH3 is 1. The number of aliphatic hydroxyl groups excluding tert-OH is 3. The van der Waals surface area contributed by atoms with Crippen molar-refractivity contribution in [1.29, 1.82) is 0 Å². The first-order valence-electron chi connectivity index (χ1n) is 25.6. The fraction of sp³-hybridized carbons (Fsp3) is 0.804. The van der Waals surface area contributed by atoms with Crippen LogP contribution in [0.5, 0.6) is 0 Å². The van der Waals surface area contributed by atoms with E-state index in [9.17, 15) is 43.5 Å². The molecule has 0 unspecified atom stereocenters. The highest BCUT2D eigenvalue weighted by atomic mass is 19.2. The third kappa shape index (κ3) is 13.4. The second-order valence-corrected chi connectivity index (χ2v) is 22.1. The molecular formula is C51H81F3N6O13. The number of rotatable bonds is 13. The Morgan fingerprint density at radius 2 is 1.63 bits per heavy atom. The van der Waals surface area contributed by atoms with Crippen LogP contribution in [0.4, 0.5) is 13.2 Å². The zero-order valence-corrected chi connectivity index (χ0v) is 44.7. The van der Waals surface area contributed by atoms with Crippen LogP contribution in [-0.2, 0) is 51.0 Å². The molecule has 22 heteroatoms. The van der Waals surface area contributed by atoms with Crippen LogP contribution in [0.3, 0.4) is 0 Å². The van der Waals surface area contributed by atoms with E-state index in [-0.39, 0.29) is 49.4 Å². The Hall–Kier alpha value is -3.39. The molecule has 3 fully saturated rings. The number of halogens is 3. The molecule has 2 aromatic rings. The van der Waals surface area contributed by atoms with E-state index in [0.29, 0.717) is 31.6 Å².